The monoisotopic (exact) mass is 596 g/mol. The van der Waals surface area contributed by atoms with Gasteiger partial charge in [-0.1, -0.05) is 64.5 Å². The standard InChI is InChI=1S/C27H25BrN4O3S2/c1-19-13-15-31(16-14-19)37(34,35)23-10-7-21(8-11-23)26(33)32(29-18-20-5-3-2-4-6-20)27-30-24-12-9-22(28)17-25(24)36-27/h2-12,17-19H,13-16H2,1H3/b29-18+. The van der Waals surface area contributed by atoms with E-state index < -0.39 is 15.9 Å². The molecule has 7 nitrogen and oxygen atoms in total. The number of hydrazone groups is 1. The number of aromatic nitrogens is 1. The average molecular weight is 598 g/mol. The molecule has 4 aromatic rings. The Bertz CT molecular complexity index is 1550. The van der Waals surface area contributed by atoms with Crippen LogP contribution in [-0.4, -0.2) is 42.9 Å². The number of rotatable bonds is 6. The van der Waals surface area contributed by atoms with Gasteiger partial charge in [0, 0.05) is 23.1 Å². The largest absolute Gasteiger partial charge is 0.280 e. The second-order valence-electron chi connectivity index (χ2n) is 8.99. The number of amides is 1. The molecule has 0 N–H and O–H groups in total. The SMILES string of the molecule is CC1CCN(S(=O)(=O)c2ccc(C(=O)N(/N=C/c3ccccc3)c3nc4ccc(Br)cc4s3)cc2)CC1. The minimum atomic E-state index is -3.60. The molecule has 3 aromatic carbocycles. The molecular formula is C27H25BrN4O3S2. The van der Waals surface area contributed by atoms with Gasteiger partial charge in [0.2, 0.25) is 15.2 Å². The molecular weight excluding hydrogens is 572 g/mol. The normalized spacial score (nSPS) is 15.4. The van der Waals surface area contributed by atoms with Crippen LogP contribution in [0.3, 0.4) is 0 Å². The molecule has 1 aromatic heterocycles. The topological polar surface area (TPSA) is 82.9 Å². The zero-order valence-electron chi connectivity index (χ0n) is 20.1. The van der Waals surface area contributed by atoms with Gasteiger partial charge in [-0.05, 0) is 66.8 Å². The van der Waals surface area contributed by atoms with Crippen molar-refractivity contribution in [2.24, 2.45) is 11.0 Å². The highest BCUT2D eigenvalue weighted by molar-refractivity contribution is 9.10. The van der Waals surface area contributed by atoms with Crippen LogP contribution in [0.5, 0.6) is 0 Å². The number of carbonyl (C=O) groups excluding carboxylic acids is 1. The Hall–Kier alpha value is -2.92. The fourth-order valence-electron chi connectivity index (χ4n) is 4.10. The summed E-state index contributed by atoms with van der Waals surface area (Å²) < 4.78 is 29.6. The molecule has 0 unspecified atom stereocenters. The van der Waals surface area contributed by atoms with E-state index in [2.05, 4.69) is 32.9 Å². The van der Waals surface area contributed by atoms with Crippen LogP contribution in [0.4, 0.5) is 5.13 Å². The van der Waals surface area contributed by atoms with Crippen molar-refractivity contribution in [1.29, 1.82) is 0 Å². The van der Waals surface area contributed by atoms with Gasteiger partial charge in [-0.3, -0.25) is 4.79 Å². The van der Waals surface area contributed by atoms with Crippen molar-refractivity contribution >= 4 is 64.8 Å². The van der Waals surface area contributed by atoms with Crippen molar-refractivity contribution in [2.75, 3.05) is 18.1 Å². The summed E-state index contributed by atoms with van der Waals surface area (Å²) >= 11 is 4.83. The third-order valence-corrected chi connectivity index (χ3v) is 9.72. The molecule has 1 saturated heterocycles. The summed E-state index contributed by atoms with van der Waals surface area (Å²) in [6.45, 7) is 3.17. The second-order valence-corrected chi connectivity index (χ2v) is 12.9. The minimum Gasteiger partial charge on any atom is -0.267 e. The summed E-state index contributed by atoms with van der Waals surface area (Å²) in [6.07, 6.45) is 3.31. The highest BCUT2D eigenvalue weighted by Gasteiger charge is 2.28. The Labute approximate surface area is 228 Å². The van der Waals surface area contributed by atoms with Crippen molar-refractivity contribution < 1.29 is 13.2 Å². The molecule has 2 heterocycles. The summed E-state index contributed by atoms with van der Waals surface area (Å²) in [5.74, 6) is 0.124. The number of piperidine rings is 1. The maximum Gasteiger partial charge on any atom is 0.280 e. The van der Waals surface area contributed by atoms with Crippen LogP contribution < -0.4 is 5.01 Å². The smallest absolute Gasteiger partial charge is 0.267 e. The van der Waals surface area contributed by atoms with E-state index >= 15 is 0 Å². The fourth-order valence-corrected chi connectivity index (χ4v) is 7.04. The average Bonchev–Trinajstić information content (AvgIpc) is 3.32. The molecule has 0 radical (unpaired) electrons. The van der Waals surface area contributed by atoms with E-state index in [1.54, 1.807) is 6.21 Å². The molecule has 0 bridgehead atoms. The maximum absolute atomic E-state index is 13.6. The molecule has 1 amide bonds. The minimum absolute atomic E-state index is 0.183. The summed E-state index contributed by atoms with van der Waals surface area (Å²) in [5, 5.41) is 6.16. The zero-order chi connectivity index (χ0) is 26.0. The Balaban J connectivity index is 1.45. The van der Waals surface area contributed by atoms with Crippen LogP contribution in [0.1, 0.15) is 35.7 Å². The molecule has 1 fully saturated rings. The van der Waals surface area contributed by atoms with Crippen molar-refractivity contribution in [2.45, 2.75) is 24.7 Å². The van der Waals surface area contributed by atoms with Gasteiger partial charge in [0.1, 0.15) is 0 Å². The summed E-state index contributed by atoms with van der Waals surface area (Å²) in [6, 6.07) is 21.3. The van der Waals surface area contributed by atoms with Crippen LogP contribution in [0, 0.1) is 5.92 Å². The van der Waals surface area contributed by atoms with Gasteiger partial charge in [-0.15, -0.1) is 0 Å². The number of halogens is 1. The molecule has 190 valence electrons. The molecule has 5 rings (SSSR count). The number of thiazole rings is 1. The molecule has 0 aliphatic carbocycles. The Morgan fingerprint density at radius 3 is 2.49 bits per heavy atom. The van der Waals surface area contributed by atoms with Gasteiger partial charge >= 0.3 is 0 Å². The van der Waals surface area contributed by atoms with E-state index in [-0.39, 0.29) is 4.90 Å². The van der Waals surface area contributed by atoms with Crippen LogP contribution >= 0.6 is 27.3 Å². The number of fused-ring (bicyclic) bond motifs is 1. The second kappa shape index (κ2) is 10.8. The van der Waals surface area contributed by atoms with Crippen LogP contribution in [0.15, 0.2) is 87.3 Å². The Kier molecular flexibility index (Phi) is 7.52. The third kappa shape index (κ3) is 5.67. The number of benzene rings is 3. The fraction of sp³-hybridized carbons (Fsp3) is 0.222. The number of hydrogen-bond donors (Lipinski definition) is 0. The maximum atomic E-state index is 13.6. The third-order valence-electron chi connectivity index (χ3n) is 6.32. The van der Waals surface area contributed by atoms with Gasteiger partial charge in [0.25, 0.3) is 5.91 Å². The lowest BCUT2D eigenvalue weighted by molar-refractivity contribution is 0.0987. The van der Waals surface area contributed by atoms with Crippen molar-refractivity contribution in [1.82, 2.24) is 9.29 Å². The number of hydrogen-bond acceptors (Lipinski definition) is 6. The van der Waals surface area contributed by atoms with Gasteiger partial charge < -0.3 is 0 Å². The van der Waals surface area contributed by atoms with Crippen LogP contribution in [-0.2, 0) is 10.0 Å². The number of carbonyl (C=O) groups is 1. The first kappa shape index (κ1) is 25.7. The van der Waals surface area contributed by atoms with Gasteiger partial charge in [0.05, 0.1) is 21.3 Å². The van der Waals surface area contributed by atoms with Crippen molar-refractivity contribution in [3.8, 4) is 0 Å². The predicted molar refractivity (Wildman–Crippen MR) is 152 cm³/mol. The molecule has 37 heavy (non-hydrogen) atoms. The van der Waals surface area contributed by atoms with E-state index in [1.807, 2.05) is 48.5 Å². The lowest BCUT2D eigenvalue weighted by atomic mass is 10.0. The summed E-state index contributed by atoms with van der Waals surface area (Å²) in [7, 11) is -3.60. The van der Waals surface area contributed by atoms with Crippen LogP contribution in [0.2, 0.25) is 0 Å². The van der Waals surface area contributed by atoms with Crippen molar-refractivity contribution in [3.63, 3.8) is 0 Å². The molecule has 1 aliphatic rings. The zero-order valence-corrected chi connectivity index (χ0v) is 23.3. The highest BCUT2D eigenvalue weighted by atomic mass is 79.9. The Morgan fingerprint density at radius 1 is 1.08 bits per heavy atom. The lowest BCUT2D eigenvalue weighted by Crippen LogP contribution is -2.37. The highest BCUT2D eigenvalue weighted by Crippen LogP contribution is 2.32. The number of sulfonamides is 1. The van der Waals surface area contributed by atoms with Crippen LogP contribution in [0.25, 0.3) is 10.2 Å². The summed E-state index contributed by atoms with van der Waals surface area (Å²) in [4.78, 5) is 18.4. The Morgan fingerprint density at radius 2 is 1.78 bits per heavy atom. The quantitative estimate of drug-likeness (QED) is 0.197. The molecule has 0 atom stereocenters. The first-order valence-electron chi connectivity index (χ1n) is 11.9. The molecule has 0 spiro atoms. The number of nitrogens with zero attached hydrogens (tertiary/aromatic N) is 4. The van der Waals surface area contributed by atoms with E-state index in [0.717, 1.165) is 33.1 Å². The van der Waals surface area contributed by atoms with E-state index in [9.17, 15) is 13.2 Å². The summed E-state index contributed by atoms with van der Waals surface area (Å²) in [5.41, 5.74) is 1.91. The predicted octanol–water partition coefficient (Wildman–Crippen LogP) is 6.16. The van der Waals surface area contributed by atoms with E-state index in [4.69, 9.17) is 0 Å². The van der Waals surface area contributed by atoms with Gasteiger partial charge in [-0.25, -0.2) is 13.4 Å². The molecule has 0 saturated carbocycles. The first-order valence-corrected chi connectivity index (χ1v) is 15.0. The number of anilines is 1. The lowest BCUT2D eigenvalue weighted by Gasteiger charge is -2.29. The molecule has 10 heteroatoms. The van der Waals surface area contributed by atoms with Gasteiger partial charge in [0.15, 0.2) is 0 Å². The van der Waals surface area contributed by atoms with Gasteiger partial charge in [-0.2, -0.15) is 14.4 Å². The molecule has 1 aliphatic heterocycles. The van der Waals surface area contributed by atoms with E-state index in [0.29, 0.717) is 29.7 Å². The van der Waals surface area contributed by atoms with E-state index in [1.165, 1.54) is 44.9 Å². The van der Waals surface area contributed by atoms with Crippen molar-refractivity contribution in [3.05, 3.63) is 88.4 Å². The first-order chi connectivity index (χ1) is 17.8.